The van der Waals surface area contributed by atoms with Crippen molar-refractivity contribution < 1.29 is 18.5 Å². The molecule has 35 heavy (non-hydrogen) atoms. The number of hydrogen-bond donors (Lipinski definition) is 2. The number of rotatable bonds is 8. The van der Waals surface area contributed by atoms with Crippen molar-refractivity contribution in [2.75, 3.05) is 23.4 Å². The lowest BCUT2D eigenvalue weighted by atomic mass is 10.1. The third kappa shape index (κ3) is 5.85. The molecule has 1 fully saturated rings. The lowest BCUT2D eigenvalue weighted by molar-refractivity contribution is 0.0954. The molecule has 1 aliphatic heterocycles. The van der Waals surface area contributed by atoms with Crippen LogP contribution in [0.15, 0.2) is 41.0 Å². The van der Waals surface area contributed by atoms with Gasteiger partial charge in [-0.15, -0.1) is 5.10 Å². The molecule has 0 radical (unpaired) electrons. The first-order valence-corrected chi connectivity index (χ1v) is 13.6. The van der Waals surface area contributed by atoms with E-state index in [1.54, 1.807) is 18.2 Å². The number of anilines is 1. The second-order valence-electron chi connectivity index (χ2n) is 7.62. The summed E-state index contributed by atoms with van der Waals surface area (Å²) in [4.78, 5) is 30.4. The Balaban J connectivity index is 1.70. The molecule has 3 aromatic rings. The van der Waals surface area contributed by atoms with Crippen LogP contribution in [0, 0.1) is 0 Å². The van der Waals surface area contributed by atoms with Crippen LogP contribution in [0.2, 0.25) is 10.0 Å². The summed E-state index contributed by atoms with van der Waals surface area (Å²) in [6, 6.07) is 7.77. The summed E-state index contributed by atoms with van der Waals surface area (Å²) in [7, 11) is -0.910. The molecule has 1 saturated heterocycles. The number of pyridine rings is 1. The Kier molecular flexibility index (Phi) is 8.10. The number of halogens is 3. The van der Waals surface area contributed by atoms with E-state index in [2.05, 4.69) is 36.6 Å². The van der Waals surface area contributed by atoms with Crippen molar-refractivity contribution in [3.05, 3.63) is 62.3 Å². The van der Waals surface area contributed by atoms with E-state index < -0.39 is 16.7 Å². The van der Waals surface area contributed by atoms with Crippen LogP contribution in [-0.4, -0.2) is 54.9 Å². The van der Waals surface area contributed by atoms with E-state index in [1.165, 1.54) is 23.0 Å². The van der Waals surface area contributed by atoms with Crippen molar-refractivity contribution in [3.63, 3.8) is 0 Å². The molecular formula is C22H20BrCl2N5O4S. The predicted molar refractivity (Wildman–Crippen MR) is 138 cm³/mol. The molecule has 184 valence electrons. The lowest BCUT2D eigenvalue weighted by Gasteiger charge is -2.24. The third-order valence-electron chi connectivity index (χ3n) is 4.96. The number of amides is 2. The topological polar surface area (TPSA) is 115 Å². The lowest BCUT2D eigenvalue weighted by Crippen LogP contribution is -2.41. The largest absolute Gasteiger partial charge is 0.471 e. The van der Waals surface area contributed by atoms with E-state index in [0.29, 0.717) is 27.5 Å². The minimum Gasteiger partial charge on any atom is -0.471 e. The van der Waals surface area contributed by atoms with E-state index in [9.17, 15) is 13.8 Å². The molecule has 0 saturated carbocycles. The Morgan fingerprint density at radius 1 is 1.26 bits per heavy atom. The number of nitrogens with zero attached hydrogens (tertiary/aromatic N) is 3. The van der Waals surface area contributed by atoms with Gasteiger partial charge in [0.2, 0.25) is 5.88 Å². The van der Waals surface area contributed by atoms with Crippen LogP contribution in [0.25, 0.3) is 5.82 Å². The summed E-state index contributed by atoms with van der Waals surface area (Å²) in [6.45, 7) is 2.40. The Morgan fingerprint density at radius 3 is 2.71 bits per heavy atom. The summed E-state index contributed by atoms with van der Waals surface area (Å²) >= 11 is 15.9. The van der Waals surface area contributed by atoms with Gasteiger partial charge in [0.15, 0.2) is 5.82 Å². The maximum atomic E-state index is 13.4. The first-order chi connectivity index (χ1) is 16.8. The van der Waals surface area contributed by atoms with Gasteiger partial charge in [-0.2, -0.15) is 0 Å². The van der Waals surface area contributed by atoms with Gasteiger partial charge in [-0.05, 0) is 46.6 Å². The van der Waals surface area contributed by atoms with Gasteiger partial charge in [0.25, 0.3) is 11.8 Å². The molecule has 2 aromatic heterocycles. The molecule has 13 heteroatoms. The Labute approximate surface area is 222 Å². The number of ether oxygens (including phenoxy) is 1. The number of aromatic nitrogens is 3. The number of carbonyl (C=O) groups is 2. The van der Waals surface area contributed by atoms with Crippen LogP contribution in [0.3, 0.4) is 0 Å². The number of carbonyl (C=O) groups excluding carboxylic acids is 2. The molecule has 2 amide bonds. The highest BCUT2D eigenvalue weighted by Gasteiger charge is 2.30. The van der Waals surface area contributed by atoms with Crippen molar-refractivity contribution in [2.24, 2.45) is 0 Å². The molecule has 3 heterocycles. The molecule has 0 bridgehead atoms. The molecule has 2 N–H and O–H groups in total. The smallest absolute Gasteiger partial charge is 0.274 e. The monoisotopic (exact) mass is 599 g/mol. The number of benzene rings is 1. The fourth-order valence-corrected chi connectivity index (χ4v) is 5.25. The van der Waals surface area contributed by atoms with E-state index in [1.807, 2.05) is 6.92 Å². The van der Waals surface area contributed by atoms with Gasteiger partial charge < -0.3 is 15.4 Å². The van der Waals surface area contributed by atoms with Crippen molar-refractivity contribution >= 4 is 67.4 Å². The van der Waals surface area contributed by atoms with E-state index >= 15 is 0 Å². The van der Waals surface area contributed by atoms with Gasteiger partial charge in [-0.1, -0.05) is 30.1 Å². The van der Waals surface area contributed by atoms with Crippen molar-refractivity contribution in [3.8, 4) is 11.7 Å². The first-order valence-electron chi connectivity index (χ1n) is 10.6. The summed E-state index contributed by atoms with van der Waals surface area (Å²) < 4.78 is 18.9. The summed E-state index contributed by atoms with van der Waals surface area (Å²) in [5, 5.41) is 10.5. The first kappa shape index (κ1) is 25.6. The standard InChI is InChI=1S/C22H20BrCl2N5O4S/c1-2-5-27-21(31)14-7-12(24)8-15(23)19(14)28-22(32)17-9-18(34-13-10-35(33)11-13)29-30(17)20-16(25)4-3-6-26-20/h3-4,6-9,13H,2,5,10-11H2,1H3,(H,27,31)(H,28,32). The average molecular weight is 601 g/mol. The van der Waals surface area contributed by atoms with Gasteiger partial charge in [0.1, 0.15) is 11.8 Å². The van der Waals surface area contributed by atoms with Gasteiger partial charge in [0, 0.05) is 39.1 Å². The highest BCUT2D eigenvalue weighted by molar-refractivity contribution is 9.10. The average Bonchev–Trinajstić information content (AvgIpc) is 3.22. The predicted octanol–water partition coefficient (Wildman–Crippen LogP) is 4.24. The Hall–Kier alpha value is -2.47. The van der Waals surface area contributed by atoms with Crippen LogP contribution in [0.4, 0.5) is 5.69 Å². The van der Waals surface area contributed by atoms with Crippen LogP contribution >= 0.6 is 39.1 Å². The zero-order valence-electron chi connectivity index (χ0n) is 18.4. The molecule has 0 atom stereocenters. The Bertz CT molecular complexity index is 1310. The van der Waals surface area contributed by atoms with Gasteiger partial charge >= 0.3 is 0 Å². The second kappa shape index (κ2) is 11.1. The normalized spacial score (nSPS) is 16.9. The van der Waals surface area contributed by atoms with Gasteiger partial charge in [0.05, 0.1) is 27.8 Å². The van der Waals surface area contributed by atoms with Gasteiger partial charge in [-0.3, -0.25) is 13.8 Å². The Morgan fingerprint density at radius 2 is 2.03 bits per heavy atom. The number of hydrogen-bond acceptors (Lipinski definition) is 6. The maximum Gasteiger partial charge on any atom is 0.274 e. The molecule has 1 aromatic carbocycles. The zero-order valence-corrected chi connectivity index (χ0v) is 22.3. The SMILES string of the molecule is CCCNC(=O)c1cc(Cl)cc(Br)c1NC(=O)c1cc(OC2CS(=O)C2)nn1-c1ncccc1Cl. The van der Waals surface area contributed by atoms with E-state index in [0.717, 1.165) is 6.42 Å². The minimum absolute atomic E-state index is 0.0720. The van der Waals surface area contributed by atoms with Crippen molar-refractivity contribution in [2.45, 2.75) is 19.4 Å². The van der Waals surface area contributed by atoms with E-state index in [-0.39, 0.29) is 45.7 Å². The molecule has 4 rings (SSSR count). The summed E-state index contributed by atoms with van der Waals surface area (Å²) in [6.07, 6.45) is 2.01. The zero-order chi connectivity index (χ0) is 25.1. The van der Waals surface area contributed by atoms with Crippen molar-refractivity contribution in [1.82, 2.24) is 20.1 Å². The minimum atomic E-state index is -0.910. The molecule has 0 aliphatic carbocycles. The van der Waals surface area contributed by atoms with E-state index in [4.69, 9.17) is 27.9 Å². The van der Waals surface area contributed by atoms with Gasteiger partial charge in [-0.25, -0.2) is 9.67 Å². The van der Waals surface area contributed by atoms with Crippen LogP contribution in [0.5, 0.6) is 5.88 Å². The third-order valence-corrected chi connectivity index (χ3v) is 7.59. The fraction of sp³-hybridized carbons (Fsp3) is 0.273. The molecule has 9 nitrogen and oxygen atoms in total. The fourth-order valence-electron chi connectivity index (χ4n) is 3.27. The summed E-state index contributed by atoms with van der Waals surface area (Å²) in [5.41, 5.74) is 0.508. The number of nitrogens with one attached hydrogen (secondary N) is 2. The van der Waals surface area contributed by atoms with Crippen LogP contribution in [0.1, 0.15) is 34.2 Å². The maximum absolute atomic E-state index is 13.4. The van der Waals surface area contributed by atoms with Crippen LogP contribution in [-0.2, 0) is 10.8 Å². The quantitative estimate of drug-likeness (QED) is 0.400. The molecule has 1 aliphatic rings. The van der Waals surface area contributed by atoms with Crippen molar-refractivity contribution in [1.29, 1.82) is 0 Å². The molecule has 0 spiro atoms. The highest BCUT2D eigenvalue weighted by atomic mass is 79.9. The molecule has 0 unspecified atom stereocenters. The van der Waals surface area contributed by atoms with Crippen LogP contribution < -0.4 is 15.4 Å². The summed E-state index contributed by atoms with van der Waals surface area (Å²) in [5.74, 6) is 0.212. The molecular weight excluding hydrogens is 581 g/mol. The second-order valence-corrected chi connectivity index (χ2v) is 10.9. The highest BCUT2D eigenvalue weighted by Crippen LogP contribution is 2.32.